The number of amides is 1. The number of allylic oxidation sites excluding steroid dienone is 1. The van der Waals surface area contributed by atoms with Gasteiger partial charge in [0.15, 0.2) is 0 Å². The smallest absolute Gasteiger partial charge is 0.243 e. The standard InChI is InChI=1S/C11H18N2O/c1-2-3-11(14)13-10-5-8-4-9(6-10)12-7-8/h2-3,8-10,12H,4-7H2,1H3,(H,13,14)/b3-2+. The zero-order valence-electron chi connectivity index (χ0n) is 8.62. The largest absolute Gasteiger partial charge is 0.350 e. The molecule has 0 spiro atoms. The van der Waals surface area contributed by atoms with Gasteiger partial charge in [0.1, 0.15) is 0 Å². The molecule has 0 radical (unpaired) electrons. The molecule has 0 aromatic rings. The first-order chi connectivity index (χ1) is 6.78. The van der Waals surface area contributed by atoms with Crippen molar-refractivity contribution in [1.82, 2.24) is 10.6 Å². The molecule has 14 heavy (non-hydrogen) atoms. The SMILES string of the molecule is C/C=C/C(=O)NC1CC2CNC(C2)C1. The quantitative estimate of drug-likeness (QED) is 0.639. The van der Waals surface area contributed by atoms with Crippen molar-refractivity contribution >= 4 is 5.91 Å². The summed E-state index contributed by atoms with van der Waals surface area (Å²) in [5.74, 6) is 0.837. The van der Waals surface area contributed by atoms with E-state index in [1.807, 2.05) is 6.92 Å². The molecule has 3 atom stereocenters. The summed E-state index contributed by atoms with van der Waals surface area (Å²) in [5.41, 5.74) is 0. The normalized spacial score (nSPS) is 36.2. The second-order valence-corrected chi connectivity index (χ2v) is 4.38. The van der Waals surface area contributed by atoms with Crippen molar-refractivity contribution < 1.29 is 4.79 Å². The second kappa shape index (κ2) is 4.13. The van der Waals surface area contributed by atoms with Crippen LogP contribution in [0.5, 0.6) is 0 Å². The van der Waals surface area contributed by atoms with Gasteiger partial charge in [-0.15, -0.1) is 0 Å². The highest BCUT2D eigenvalue weighted by Crippen LogP contribution is 2.29. The molecule has 3 unspecified atom stereocenters. The van der Waals surface area contributed by atoms with Crippen molar-refractivity contribution in [1.29, 1.82) is 0 Å². The van der Waals surface area contributed by atoms with Gasteiger partial charge in [0.05, 0.1) is 0 Å². The lowest BCUT2D eigenvalue weighted by Crippen LogP contribution is -2.40. The summed E-state index contributed by atoms with van der Waals surface area (Å²) in [5, 5.41) is 6.54. The third-order valence-electron chi connectivity index (χ3n) is 3.16. The van der Waals surface area contributed by atoms with Crippen molar-refractivity contribution in [3.8, 4) is 0 Å². The van der Waals surface area contributed by atoms with Gasteiger partial charge in [-0.2, -0.15) is 0 Å². The Labute approximate surface area is 84.9 Å². The molecule has 0 aromatic carbocycles. The first kappa shape index (κ1) is 9.71. The average molecular weight is 194 g/mol. The third-order valence-corrected chi connectivity index (χ3v) is 3.16. The van der Waals surface area contributed by atoms with Gasteiger partial charge >= 0.3 is 0 Å². The van der Waals surface area contributed by atoms with Crippen LogP contribution in [0.15, 0.2) is 12.2 Å². The van der Waals surface area contributed by atoms with Gasteiger partial charge in [-0.1, -0.05) is 6.08 Å². The van der Waals surface area contributed by atoms with Gasteiger partial charge in [0.2, 0.25) is 5.91 Å². The minimum Gasteiger partial charge on any atom is -0.350 e. The maximum atomic E-state index is 11.3. The van der Waals surface area contributed by atoms with Crippen LogP contribution in [0.4, 0.5) is 0 Å². The molecule has 0 aromatic heterocycles. The zero-order valence-corrected chi connectivity index (χ0v) is 8.62. The second-order valence-electron chi connectivity index (χ2n) is 4.38. The van der Waals surface area contributed by atoms with Crippen LogP contribution in [-0.2, 0) is 4.79 Å². The Balaban J connectivity index is 1.84. The van der Waals surface area contributed by atoms with Gasteiger partial charge in [0.25, 0.3) is 0 Å². The molecule has 2 bridgehead atoms. The number of hydrogen-bond acceptors (Lipinski definition) is 2. The van der Waals surface area contributed by atoms with Gasteiger partial charge in [-0.05, 0) is 44.7 Å². The number of carbonyl (C=O) groups is 1. The lowest BCUT2D eigenvalue weighted by Gasteiger charge is -2.27. The number of nitrogens with one attached hydrogen (secondary N) is 2. The fourth-order valence-electron chi connectivity index (χ4n) is 2.62. The molecule has 1 saturated heterocycles. The Hall–Kier alpha value is -0.830. The topological polar surface area (TPSA) is 41.1 Å². The van der Waals surface area contributed by atoms with E-state index >= 15 is 0 Å². The van der Waals surface area contributed by atoms with Crippen LogP contribution in [-0.4, -0.2) is 24.5 Å². The van der Waals surface area contributed by atoms with Gasteiger partial charge in [-0.25, -0.2) is 0 Å². The molecule has 1 aliphatic carbocycles. The third kappa shape index (κ3) is 2.15. The zero-order chi connectivity index (χ0) is 9.97. The summed E-state index contributed by atoms with van der Waals surface area (Å²) >= 11 is 0. The summed E-state index contributed by atoms with van der Waals surface area (Å²) in [7, 11) is 0. The predicted molar refractivity (Wildman–Crippen MR) is 55.9 cm³/mol. The molecule has 1 amide bonds. The highest BCUT2D eigenvalue weighted by molar-refractivity contribution is 5.87. The number of rotatable bonds is 2. The Kier molecular flexibility index (Phi) is 2.87. The fraction of sp³-hybridized carbons (Fsp3) is 0.727. The minimum atomic E-state index is 0.0544. The molecule has 1 saturated carbocycles. The van der Waals surface area contributed by atoms with Crippen LogP contribution >= 0.6 is 0 Å². The molecule has 1 aliphatic heterocycles. The van der Waals surface area contributed by atoms with Crippen molar-refractivity contribution in [2.24, 2.45) is 5.92 Å². The van der Waals surface area contributed by atoms with Gasteiger partial charge < -0.3 is 10.6 Å². The van der Waals surface area contributed by atoms with Crippen LogP contribution in [0, 0.1) is 5.92 Å². The van der Waals surface area contributed by atoms with Gasteiger partial charge in [-0.3, -0.25) is 4.79 Å². The molecule has 2 aliphatic rings. The summed E-state index contributed by atoms with van der Waals surface area (Å²) in [6.07, 6.45) is 6.93. The molecule has 3 heteroatoms. The predicted octanol–water partition coefficient (Wildman–Crippen LogP) is 0.819. The van der Waals surface area contributed by atoms with E-state index in [4.69, 9.17) is 0 Å². The van der Waals surface area contributed by atoms with E-state index in [-0.39, 0.29) is 5.91 Å². The van der Waals surface area contributed by atoms with E-state index in [0.29, 0.717) is 12.1 Å². The van der Waals surface area contributed by atoms with Crippen molar-refractivity contribution in [3.05, 3.63) is 12.2 Å². The molecule has 2 fully saturated rings. The Morgan fingerprint density at radius 2 is 2.29 bits per heavy atom. The summed E-state index contributed by atoms with van der Waals surface area (Å²) < 4.78 is 0. The van der Waals surface area contributed by atoms with E-state index in [1.54, 1.807) is 12.2 Å². The van der Waals surface area contributed by atoms with Crippen LogP contribution in [0.3, 0.4) is 0 Å². The Morgan fingerprint density at radius 3 is 3.00 bits per heavy atom. The highest BCUT2D eigenvalue weighted by atomic mass is 16.1. The van der Waals surface area contributed by atoms with Crippen LogP contribution in [0.25, 0.3) is 0 Å². The van der Waals surface area contributed by atoms with Crippen LogP contribution < -0.4 is 10.6 Å². The molecular weight excluding hydrogens is 176 g/mol. The summed E-state index contributed by atoms with van der Waals surface area (Å²) in [4.78, 5) is 11.3. The highest BCUT2D eigenvalue weighted by Gasteiger charge is 2.33. The first-order valence-corrected chi connectivity index (χ1v) is 5.44. The van der Waals surface area contributed by atoms with Crippen molar-refractivity contribution in [2.45, 2.75) is 38.3 Å². The van der Waals surface area contributed by atoms with E-state index in [2.05, 4.69) is 10.6 Å². The fourth-order valence-corrected chi connectivity index (χ4v) is 2.62. The van der Waals surface area contributed by atoms with E-state index < -0.39 is 0 Å². The molecule has 1 heterocycles. The van der Waals surface area contributed by atoms with Crippen molar-refractivity contribution in [2.75, 3.05) is 6.54 Å². The molecule has 3 nitrogen and oxygen atoms in total. The van der Waals surface area contributed by atoms with Gasteiger partial charge in [0, 0.05) is 12.1 Å². The Bertz CT molecular complexity index is 238. The van der Waals surface area contributed by atoms with Crippen LogP contribution in [0.2, 0.25) is 0 Å². The lowest BCUT2D eigenvalue weighted by atomic mass is 9.86. The maximum absolute atomic E-state index is 11.3. The first-order valence-electron chi connectivity index (χ1n) is 5.44. The lowest BCUT2D eigenvalue weighted by molar-refractivity contribution is -0.117. The number of carbonyl (C=O) groups excluding carboxylic acids is 1. The molecule has 2 N–H and O–H groups in total. The minimum absolute atomic E-state index is 0.0544. The average Bonchev–Trinajstić information content (AvgIpc) is 2.46. The summed E-state index contributed by atoms with van der Waals surface area (Å²) in [6, 6.07) is 1.03. The van der Waals surface area contributed by atoms with Crippen LogP contribution in [0.1, 0.15) is 26.2 Å². The monoisotopic (exact) mass is 194 g/mol. The van der Waals surface area contributed by atoms with E-state index in [9.17, 15) is 4.79 Å². The number of hydrogen-bond donors (Lipinski definition) is 2. The Morgan fingerprint density at radius 1 is 1.43 bits per heavy atom. The molecular formula is C11H18N2O. The van der Waals surface area contributed by atoms with E-state index in [1.165, 1.54) is 6.42 Å². The number of fused-ring (bicyclic) bond motifs is 2. The van der Waals surface area contributed by atoms with E-state index in [0.717, 1.165) is 25.3 Å². The summed E-state index contributed by atoms with van der Waals surface area (Å²) in [6.45, 7) is 3.01. The molecule has 78 valence electrons. The molecule has 2 rings (SSSR count). The van der Waals surface area contributed by atoms with Crippen molar-refractivity contribution in [3.63, 3.8) is 0 Å². The maximum Gasteiger partial charge on any atom is 0.243 e.